The smallest absolute Gasteiger partial charge is 0.165 e. The van der Waals surface area contributed by atoms with E-state index in [0.717, 1.165) is 5.65 Å². The fourth-order valence-electron chi connectivity index (χ4n) is 1.62. The van der Waals surface area contributed by atoms with Crippen LogP contribution >= 0.6 is 0 Å². The van der Waals surface area contributed by atoms with Crippen molar-refractivity contribution in [1.82, 2.24) is 34.5 Å². The van der Waals surface area contributed by atoms with E-state index >= 15 is 0 Å². The minimum absolute atomic E-state index is 0.398. The van der Waals surface area contributed by atoms with E-state index in [0.29, 0.717) is 24.4 Å². The maximum Gasteiger partial charge on any atom is 0.165 e. The Balaban J connectivity index is 1.88. The Kier molecular flexibility index (Phi) is 2.18. The number of imidazole rings is 1. The average molecular weight is 230 g/mol. The molecule has 0 fully saturated rings. The standard InChI is InChI=1S/C9H10N8/c10-8-7-9(12-5-11-8)16(6-13-7)3-4-17-2-1-14-15-17/h1-2,5-6H,3-4H2,(H2,10,11,12). The fraction of sp³-hybridized carbons (Fsp3) is 0.222. The Labute approximate surface area is 96.1 Å². The first kappa shape index (κ1) is 9.70. The van der Waals surface area contributed by atoms with Gasteiger partial charge in [-0.25, -0.2) is 15.0 Å². The molecule has 0 bridgehead atoms. The summed E-state index contributed by atoms with van der Waals surface area (Å²) in [5.41, 5.74) is 7.07. The van der Waals surface area contributed by atoms with E-state index in [-0.39, 0.29) is 0 Å². The van der Waals surface area contributed by atoms with Crippen LogP contribution in [-0.2, 0) is 13.1 Å². The van der Waals surface area contributed by atoms with Gasteiger partial charge >= 0.3 is 0 Å². The Hall–Kier alpha value is -2.51. The molecule has 0 radical (unpaired) electrons. The molecule has 2 N–H and O–H groups in total. The number of aryl methyl sites for hydroxylation is 2. The van der Waals surface area contributed by atoms with Crippen LogP contribution in [0, 0.1) is 0 Å². The van der Waals surface area contributed by atoms with Crippen LogP contribution in [0.2, 0.25) is 0 Å². The van der Waals surface area contributed by atoms with Crippen LogP contribution in [0.5, 0.6) is 0 Å². The van der Waals surface area contributed by atoms with Crippen molar-refractivity contribution < 1.29 is 0 Å². The maximum absolute atomic E-state index is 5.71. The zero-order valence-corrected chi connectivity index (χ0v) is 8.93. The van der Waals surface area contributed by atoms with Gasteiger partial charge in [-0.2, -0.15) is 0 Å². The zero-order chi connectivity index (χ0) is 11.7. The van der Waals surface area contributed by atoms with Crippen LogP contribution in [0.25, 0.3) is 11.2 Å². The molecule has 17 heavy (non-hydrogen) atoms. The topological polar surface area (TPSA) is 100 Å². The molecular formula is C9H10N8. The van der Waals surface area contributed by atoms with Gasteiger partial charge in [0.1, 0.15) is 11.8 Å². The SMILES string of the molecule is Nc1ncnc2c1ncn2CCn1ccnn1. The van der Waals surface area contributed by atoms with Gasteiger partial charge in [-0.1, -0.05) is 5.21 Å². The number of nitrogens with zero attached hydrogens (tertiary/aromatic N) is 7. The van der Waals surface area contributed by atoms with Gasteiger partial charge in [0.25, 0.3) is 0 Å². The third-order valence-corrected chi connectivity index (χ3v) is 2.47. The predicted molar refractivity (Wildman–Crippen MR) is 59.8 cm³/mol. The van der Waals surface area contributed by atoms with Crippen LogP contribution in [0.15, 0.2) is 25.0 Å². The second-order valence-corrected chi connectivity index (χ2v) is 3.54. The molecule has 0 unspecified atom stereocenters. The molecule has 0 aliphatic carbocycles. The summed E-state index contributed by atoms with van der Waals surface area (Å²) in [6, 6.07) is 0. The molecule has 3 aromatic rings. The first-order valence-electron chi connectivity index (χ1n) is 5.10. The summed E-state index contributed by atoms with van der Waals surface area (Å²) in [6.45, 7) is 1.41. The third-order valence-electron chi connectivity index (χ3n) is 2.47. The number of fused-ring (bicyclic) bond motifs is 1. The molecule has 0 aliphatic rings. The van der Waals surface area contributed by atoms with Crippen molar-refractivity contribution in [3.8, 4) is 0 Å². The Bertz CT molecular complexity index is 626. The van der Waals surface area contributed by atoms with E-state index in [4.69, 9.17) is 5.73 Å². The summed E-state index contributed by atoms with van der Waals surface area (Å²) in [7, 11) is 0. The lowest BCUT2D eigenvalue weighted by atomic mass is 10.5. The minimum atomic E-state index is 0.398. The molecule has 3 rings (SSSR count). The number of aromatic nitrogens is 7. The first-order chi connectivity index (χ1) is 8.34. The van der Waals surface area contributed by atoms with Crippen LogP contribution in [0.1, 0.15) is 0 Å². The van der Waals surface area contributed by atoms with Gasteiger partial charge in [0.2, 0.25) is 0 Å². The second kappa shape index (κ2) is 3.81. The Morgan fingerprint density at radius 3 is 2.94 bits per heavy atom. The molecule has 0 saturated carbocycles. The van der Waals surface area contributed by atoms with Gasteiger partial charge in [-0.3, -0.25) is 4.68 Å². The summed E-state index contributed by atoms with van der Waals surface area (Å²) in [6.07, 6.45) is 6.59. The van der Waals surface area contributed by atoms with Crippen molar-refractivity contribution in [1.29, 1.82) is 0 Å². The summed E-state index contributed by atoms with van der Waals surface area (Å²) >= 11 is 0. The quantitative estimate of drug-likeness (QED) is 0.663. The van der Waals surface area contributed by atoms with Crippen LogP contribution in [-0.4, -0.2) is 34.5 Å². The van der Waals surface area contributed by atoms with Crippen molar-refractivity contribution >= 4 is 17.0 Å². The molecule has 8 nitrogen and oxygen atoms in total. The summed E-state index contributed by atoms with van der Waals surface area (Å²) in [5, 5.41) is 7.63. The third kappa shape index (κ3) is 1.69. The van der Waals surface area contributed by atoms with Crippen LogP contribution in [0.3, 0.4) is 0 Å². The highest BCUT2D eigenvalue weighted by molar-refractivity contribution is 5.80. The monoisotopic (exact) mass is 230 g/mol. The second-order valence-electron chi connectivity index (χ2n) is 3.54. The Morgan fingerprint density at radius 2 is 2.12 bits per heavy atom. The van der Waals surface area contributed by atoms with Crippen LogP contribution < -0.4 is 5.73 Å². The van der Waals surface area contributed by atoms with Crippen molar-refractivity contribution in [3.05, 3.63) is 25.0 Å². The lowest BCUT2D eigenvalue weighted by Gasteiger charge is -2.03. The highest BCUT2D eigenvalue weighted by Crippen LogP contribution is 2.13. The van der Waals surface area contributed by atoms with Gasteiger partial charge in [-0.05, 0) is 0 Å². The largest absolute Gasteiger partial charge is 0.382 e. The molecule has 0 aromatic carbocycles. The first-order valence-corrected chi connectivity index (χ1v) is 5.10. The van der Waals surface area contributed by atoms with E-state index in [1.54, 1.807) is 17.2 Å². The number of nitrogens with two attached hydrogens (primary N) is 1. The highest BCUT2D eigenvalue weighted by Gasteiger charge is 2.07. The Morgan fingerprint density at radius 1 is 1.18 bits per heavy atom. The zero-order valence-electron chi connectivity index (χ0n) is 8.93. The molecule has 86 valence electrons. The minimum Gasteiger partial charge on any atom is -0.382 e. The highest BCUT2D eigenvalue weighted by atomic mass is 15.4. The fourth-order valence-corrected chi connectivity index (χ4v) is 1.62. The van der Waals surface area contributed by atoms with E-state index in [1.165, 1.54) is 6.33 Å². The van der Waals surface area contributed by atoms with Crippen LogP contribution in [0.4, 0.5) is 5.82 Å². The molecule has 8 heteroatoms. The maximum atomic E-state index is 5.71. The molecule has 0 amide bonds. The van der Waals surface area contributed by atoms with E-state index in [1.807, 2.05) is 10.8 Å². The van der Waals surface area contributed by atoms with E-state index in [9.17, 15) is 0 Å². The van der Waals surface area contributed by atoms with Gasteiger partial charge in [-0.15, -0.1) is 5.10 Å². The van der Waals surface area contributed by atoms with Crippen molar-refractivity contribution in [2.75, 3.05) is 5.73 Å². The average Bonchev–Trinajstić information content (AvgIpc) is 2.95. The van der Waals surface area contributed by atoms with Crippen molar-refractivity contribution in [2.24, 2.45) is 0 Å². The number of hydrogen-bond acceptors (Lipinski definition) is 6. The van der Waals surface area contributed by atoms with Gasteiger partial charge in [0.05, 0.1) is 19.1 Å². The van der Waals surface area contributed by atoms with E-state index < -0.39 is 0 Å². The molecular weight excluding hydrogens is 220 g/mol. The number of rotatable bonds is 3. The summed E-state index contributed by atoms with van der Waals surface area (Å²) in [4.78, 5) is 12.2. The number of nitrogen functional groups attached to an aromatic ring is 1. The summed E-state index contributed by atoms with van der Waals surface area (Å²) in [5.74, 6) is 0.398. The van der Waals surface area contributed by atoms with Gasteiger partial charge < -0.3 is 10.3 Å². The van der Waals surface area contributed by atoms with E-state index in [2.05, 4.69) is 25.3 Å². The summed E-state index contributed by atoms with van der Waals surface area (Å²) < 4.78 is 3.66. The number of hydrogen-bond donors (Lipinski definition) is 1. The molecule has 3 aromatic heterocycles. The lowest BCUT2D eigenvalue weighted by molar-refractivity contribution is 0.524. The predicted octanol–water partition coefficient (Wildman–Crippen LogP) is -0.300. The molecule has 3 heterocycles. The normalized spacial score (nSPS) is 11.1. The van der Waals surface area contributed by atoms with Crippen molar-refractivity contribution in [2.45, 2.75) is 13.1 Å². The van der Waals surface area contributed by atoms with Gasteiger partial charge in [0, 0.05) is 12.7 Å². The molecule has 0 spiro atoms. The lowest BCUT2D eigenvalue weighted by Crippen LogP contribution is -2.08. The molecule has 0 saturated heterocycles. The van der Waals surface area contributed by atoms with Crippen molar-refractivity contribution in [3.63, 3.8) is 0 Å². The molecule has 0 atom stereocenters. The van der Waals surface area contributed by atoms with Gasteiger partial charge in [0.15, 0.2) is 11.5 Å². The molecule has 0 aliphatic heterocycles. The number of anilines is 1.